The van der Waals surface area contributed by atoms with Crippen molar-refractivity contribution in [2.24, 2.45) is 0 Å². The average molecular weight is 312 g/mol. The van der Waals surface area contributed by atoms with E-state index in [1.54, 1.807) is 0 Å². The van der Waals surface area contributed by atoms with E-state index in [0.717, 1.165) is 10.2 Å². The van der Waals surface area contributed by atoms with Crippen molar-refractivity contribution in [1.29, 1.82) is 0 Å². The molecule has 0 radical (unpaired) electrons. The molecule has 0 spiro atoms. The predicted octanol–water partition coefficient (Wildman–Crippen LogP) is 3.79. The highest BCUT2D eigenvalue weighted by atomic mass is 79.9. The number of pyridine rings is 2. The van der Waals surface area contributed by atoms with Crippen molar-refractivity contribution in [3.8, 4) is 16.8 Å². The van der Waals surface area contributed by atoms with Gasteiger partial charge in [-0.15, -0.1) is 0 Å². The van der Waals surface area contributed by atoms with Gasteiger partial charge in [-0.1, -0.05) is 15.9 Å². The molecule has 0 bridgehead atoms. The van der Waals surface area contributed by atoms with Gasteiger partial charge in [-0.3, -0.25) is 4.98 Å². The lowest BCUT2D eigenvalue weighted by Crippen LogP contribution is -2.28. The van der Waals surface area contributed by atoms with Crippen LogP contribution in [0.5, 0.6) is 0 Å². The van der Waals surface area contributed by atoms with Crippen LogP contribution in [0.1, 0.15) is 0 Å². The minimum absolute atomic E-state index is 1.09. The van der Waals surface area contributed by atoms with Crippen molar-refractivity contribution in [1.82, 2.24) is 4.98 Å². The summed E-state index contributed by atoms with van der Waals surface area (Å²) in [5.41, 5.74) is 3.51. The van der Waals surface area contributed by atoms with Crippen molar-refractivity contribution in [3.05, 3.63) is 77.8 Å². The zero-order chi connectivity index (χ0) is 13.1. The molecule has 0 unspecified atom stereocenters. The van der Waals surface area contributed by atoms with Gasteiger partial charge in [-0.25, -0.2) is 0 Å². The van der Waals surface area contributed by atoms with E-state index in [2.05, 4.69) is 62.1 Å². The van der Waals surface area contributed by atoms with Crippen LogP contribution in [0.4, 0.5) is 0 Å². The lowest BCUT2D eigenvalue weighted by molar-refractivity contribution is -0.595. The molecule has 0 aliphatic carbocycles. The van der Waals surface area contributed by atoms with Gasteiger partial charge in [0.2, 0.25) is 5.69 Å². The Morgan fingerprint density at radius 1 is 0.737 bits per heavy atom. The van der Waals surface area contributed by atoms with Crippen molar-refractivity contribution < 1.29 is 4.57 Å². The first-order valence-electron chi connectivity index (χ1n) is 6.00. The number of benzene rings is 1. The van der Waals surface area contributed by atoms with Crippen LogP contribution in [-0.4, -0.2) is 4.98 Å². The molecule has 3 aromatic rings. The zero-order valence-corrected chi connectivity index (χ0v) is 11.8. The van der Waals surface area contributed by atoms with Crippen LogP contribution in [0.25, 0.3) is 16.8 Å². The number of nitrogens with zero attached hydrogens (tertiary/aromatic N) is 2. The number of hydrogen-bond acceptors (Lipinski definition) is 1. The van der Waals surface area contributed by atoms with Crippen molar-refractivity contribution in [2.75, 3.05) is 0 Å². The fourth-order valence-corrected chi connectivity index (χ4v) is 2.21. The quantitative estimate of drug-likeness (QED) is 0.658. The van der Waals surface area contributed by atoms with Crippen LogP contribution < -0.4 is 4.57 Å². The highest BCUT2D eigenvalue weighted by Crippen LogP contribution is 2.16. The minimum atomic E-state index is 1.09. The lowest BCUT2D eigenvalue weighted by atomic mass is 10.1. The first kappa shape index (κ1) is 12.1. The van der Waals surface area contributed by atoms with Crippen LogP contribution in [0.3, 0.4) is 0 Å². The molecule has 0 amide bonds. The maximum Gasteiger partial charge on any atom is 0.210 e. The van der Waals surface area contributed by atoms with E-state index in [-0.39, 0.29) is 0 Å². The van der Waals surface area contributed by atoms with Gasteiger partial charge in [0.1, 0.15) is 0 Å². The Labute approximate surface area is 120 Å². The Morgan fingerprint density at radius 3 is 1.95 bits per heavy atom. The van der Waals surface area contributed by atoms with E-state index < -0.39 is 0 Å². The Kier molecular flexibility index (Phi) is 3.38. The summed E-state index contributed by atoms with van der Waals surface area (Å²) in [6, 6.07) is 16.5. The first-order chi connectivity index (χ1) is 9.33. The zero-order valence-electron chi connectivity index (χ0n) is 10.2. The molecule has 19 heavy (non-hydrogen) atoms. The third kappa shape index (κ3) is 2.71. The monoisotopic (exact) mass is 311 g/mol. The minimum Gasteiger partial charge on any atom is -0.265 e. The molecule has 2 nitrogen and oxygen atoms in total. The summed E-state index contributed by atoms with van der Waals surface area (Å²) in [4.78, 5) is 4.03. The molecule has 0 aliphatic heterocycles. The van der Waals surface area contributed by atoms with E-state index in [0.29, 0.717) is 0 Å². The highest BCUT2D eigenvalue weighted by Gasteiger charge is 2.05. The molecule has 0 saturated heterocycles. The Morgan fingerprint density at radius 2 is 1.32 bits per heavy atom. The average Bonchev–Trinajstić information content (AvgIpc) is 2.49. The van der Waals surface area contributed by atoms with Gasteiger partial charge in [0.05, 0.1) is 0 Å². The van der Waals surface area contributed by atoms with Crippen LogP contribution in [-0.2, 0) is 0 Å². The number of hydrogen-bond donors (Lipinski definition) is 0. The summed E-state index contributed by atoms with van der Waals surface area (Å²) in [5, 5.41) is 0. The molecule has 0 aliphatic rings. The van der Waals surface area contributed by atoms with Crippen LogP contribution >= 0.6 is 15.9 Å². The van der Waals surface area contributed by atoms with Crippen LogP contribution in [0, 0.1) is 0 Å². The molecule has 0 saturated carbocycles. The number of aromatic nitrogens is 2. The van der Waals surface area contributed by atoms with Crippen molar-refractivity contribution in [2.45, 2.75) is 0 Å². The molecule has 2 aromatic heterocycles. The fourth-order valence-electron chi connectivity index (χ4n) is 1.95. The lowest BCUT2D eigenvalue weighted by Gasteiger charge is -2.00. The molecular formula is C16H12BrN2+. The second kappa shape index (κ2) is 5.33. The molecule has 2 heterocycles. The summed E-state index contributed by atoms with van der Waals surface area (Å²) in [6.45, 7) is 0. The van der Waals surface area contributed by atoms with Gasteiger partial charge in [-0.05, 0) is 35.4 Å². The maximum atomic E-state index is 4.03. The highest BCUT2D eigenvalue weighted by molar-refractivity contribution is 9.10. The van der Waals surface area contributed by atoms with Gasteiger partial charge in [0.15, 0.2) is 12.4 Å². The molecule has 3 heteroatoms. The van der Waals surface area contributed by atoms with Crippen LogP contribution in [0.2, 0.25) is 0 Å². The standard InChI is InChI=1S/C16H12BrN2/c17-15-1-3-16(4-2-15)19-11-7-14(8-12-19)13-5-9-18-10-6-13/h1-12H/q+1. The van der Waals surface area contributed by atoms with Gasteiger partial charge in [-0.2, -0.15) is 4.57 Å². The third-order valence-electron chi connectivity index (χ3n) is 2.97. The van der Waals surface area contributed by atoms with Crippen LogP contribution in [0.15, 0.2) is 77.8 Å². The molecule has 0 N–H and O–H groups in total. The largest absolute Gasteiger partial charge is 0.265 e. The van der Waals surface area contributed by atoms with Crippen molar-refractivity contribution in [3.63, 3.8) is 0 Å². The van der Waals surface area contributed by atoms with Gasteiger partial charge in [0, 0.05) is 41.1 Å². The summed E-state index contributed by atoms with van der Waals surface area (Å²) >= 11 is 3.45. The molecule has 3 rings (SSSR count). The molecule has 1 aromatic carbocycles. The van der Waals surface area contributed by atoms with E-state index in [1.165, 1.54) is 11.1 Å². The Hall–Kier alpha value is -2.00. The second-order valence-corrected chi connectivity index (χ2v) is 5.12. The van der Waals surface area contributed by atoms with Gasteiger partial charge < -0.3 is 0 Å². The SMILES string of the molecule is Brc1ccc(-[n+]2ccc(-c3ccncc3)cc2)cc1. The van der Waals surface area contributed by atoms with E-state index in [1.807, 2.05) is 36.7 Å². The molecule has 0 atom stereocenters. The van der Waals surface area contributed by atoms with Crippen molar-refractivity contribution >= 4 is 15.9 Å². The molecule has 0 fully saturated rings. The summed E-state index contributed by atoms with van der Waals surface area (Å²) in [5.74, 6) is 0. The van der Waals surface area contributed by atoms with E-state index in [9.17, 15) is 0 Å². The summed E-state index contributed by atoms with van der Waals surface area (Å²) in [6.07, 6.45) is 7.76. The number of halogens is 1. The maximum absolute atomic E-state index is 4.03. The van der Waals surface area contributed by atoms with Gasteiger partial charge in [0.25, 0.3) is 0 Å². The second-order valence-electron chi connectivity index (χ2n) is 4.21. The topological polar surface area (TPSA) is 16.8 Å². The smallest absolute Gasteiger partial charge is 0.210 e. The summed E-state index contributed by atoms with van der Waals surface area (Å²) < 4.78 is 3.18. The number of rotatable bonds is 2. The normalized spacial score (nSPS) is 10.4. The third-order valence-corrected chi connectivity index (χ3v) is 3.50. The van der Waals surface area contributed by atoms with Gasteiger partial charge >= 0.3 is 0 Å². The molecular weight excluding hydrogens is 300 g/mol. The molecule has 92 valence electrons. The van der Waals surface area contributed by atoms with E-state index >= 15 is 0 Å². The summed E-state index contributed by atoms with van der Waals surface area (Å²) in [7, 11) is 0. The Bertz CT molecular complexity index is 661. The first-order valence-corrected chi connectivity index (χ1v) is 6.80. The van der Waals surface area contributed by atoms with E-state index in [4.69, 9.17) is 0 Å². The predicted molar refractivity (Wildman–Crippen MR) is 78.9 cm³/mol. The Balaban J connectivity index is 1.93. The fraction of sp³-hybridized carbons (Fsp3) is 0.